The van der Waals surface area contributed by atoms with E-state index in [0.717, 1.165) is 31.9 Å². The van der Waals surface area contributed by atoms with Crippen LogP contribution in [0.1, 0.15) is 5.56 Å². The molecule has 25 heavy (non-hydrogen) atoms. The molecule has 2 fully saturated rings. The van der Waals surface area contributed by atoms with Gasteiger partial charge in [0.2, 0.25) is 0 Å². The van der Waals surface area contributed by atoms with Gasteiger partial charge in [-0.25, -0.2) is 9.18 Å². The first-order chi connectivity index (χ1) is 12.1. The summed E-state index contributed by atoms with van der Waals surface area (Å²) in [5.74, 6) is -0.351. The largest absolute Gasteiger partial charge is 0.444 e. The fourth-order valence-corrected chi connectivity index (χ4v) is 3.23. The number of rotatable bonds is 4. The Hall–Kier alpha value is -2.60. The first-order valence-electron chi connectivity index (χ1n) is 8.24. The molecule has 0 radical (unpaired) electrons. The molecule has 0 aromatic heterocycles. The average molecular weight is 342 g/mol. The molecule has 2 aliphatic heterocycles. The third-order valence-corrected chi connectivity index (χ3v) is 4.62. The maximum atomic E-state index is 14.3. The second-order valence-corrected chi connectivity index (χ2v) is 6.70. The highest BCUT2D eigenvalue weighted by Crippen LogP contribution is 2.41. The van der Waals surface area contributed by atoms with Crippen molar-refractivity contribution >= 4 is 17.5 Å². The minimum Gasteiger partial charge on any atom is -0.444 e. The van der Waals surface area contributed by atoms with E-state index >= 15 is 0 Å². The summed E-state index contributed by atoms with van der Waals surface area (Å²) in [7, 11) is 0. The second-order valence-electron chi connectivity index (χ2n) is 6.70. The Bertz CT molecular complexity index is 769. The Morgan fingerprint density at radius 1 is 1.20 bits per heavy atom. The number of anilines is 2. The molecule has 1 spiro atoms. The van der Waals surface area contributed by atoms with Gasteiger partial charge in [0.15, 0.2) is 0 Å². The average Bonchev–Trinajstić information content (AvgIpc) is 2.53. The van der Waals surface area contributed by atoms with Gasteiger partial charge in [0.1, 0.15) is 12.4 Å². The van der Waals surface area contributed by atoms with Gasteiger partial charge in [-0.1, -0.05) is 30.3 Å². The van der Waals surface area contributed by atoms with Crippen molar-refractivity contribution in [3.63, 3.8) is 0 Å². The van der Waals surface area contributed by atoms with Crippen LogP contribution in [0, 0.1) is 11.2 Å². The van der Waals surface area contributed by atoms with Crippen LogP contribution in [0.15, 0.2) is 48.5 Å². The first-order valence-corrected chi connectivity index (χ1v) is 8.24. The quantitative estimate of drug-likeness (QED) is 0.925. The van der Waals surface area contributed by atoms with Gasteiger partial charge < -0.3 is 14.4 Å². The van der Waals surface area contributed by atoms with Crippen LogP contribution in [0.5, 0.6) is 0 Å². The van der Waals surface area contributed by atoms with E-state index in [1.165, 1.54) is 6.07 Å². The Morgan fingerprint density at radius 3 is 2.60 bits per heavy atom. The van der Waals surface area contributed by atoms with Crippen molar-refractivity contribution in [3.8, 4) is 0 Å². The van der Waals surface area contributed by atoms with Crippen molar-refractivity contribution in [2.45, 2.75) is 6.61 Å². The molecule has 5 nitrogen and oxygen atoms in total. The lowest BCUT2D eigenvalue weighted by atomic mass is 9.78. The van der Waals surface area contributed by atoms with Crippen LogP contribution < -0.4 is 10.2 Å². The van der Waals surface area contributed by atoms with Gasteiger partial charge in [0.05, 0.1) is 24.3 Å². The van der Waals surface area contributed by atoms with Crippen LogP contribution in [0.25, 0.3) is 0 Å². The van der Waals surface area contributed by atoms with Crippen molar-refractivity contribution in [2.75, 3.05) is 36.5 Å². The highest BCUT2D eigenvalue weighted by atomic mass is 19.1. The van der Waals surface area contributed by atoms with E-state index in [2.05, 4.69) is 5.32 Å². The third kappa shape index (κ3) is 3.30. The van der Waals surface area contributed by atoms with Crippen molar-refractivity contribution in [3.05, 3.63) is 59.9 Å². The van der Waals surface area contributed by atoms with Crippen molar-refractivity contribution in [2.24, 2.45) is 5.41 Å². The van der Waals surface area contributed by atoms with E-state index < -0.39 is 6.09 Å². The molecule has 2 aliphatic rings. The number of ether oxygens (including phenoxy) is 2. The number of hydrogen-bond acceptors (Lipinski definition) is 4. The van der Waals surface area contributed by atoms with E-state index in [0.29, 0.717) is 11.4 Å². The van der Waals surface area contributed by atoms with Crippen LogP contribution in [0.4, 0.5) is 20.6 Å². The summed E-state index contributed by atoms with van der Waals surface area (Å²) in [6, 6.07) is 14.1. The van der Waals surface area contributed by atoms with E-state index in [4.69, 9.17) is 9.47 Å². The first kappa shape index (κ1) is 15.9. The zero-order chi connectivity index (χ0) is 17.3. The molecule has 130 valence electrons. The van der Waals surface area contributed by atoms with E-state index in [-0.39, 0.29) is 17.8 Å². The second kappa shape index (κ2) is 6.37. The Morgan fingerprint density at radius 2 is 1.96 bits per heavy atom. The van der Waals surface area contributed by atoms with Gasteiger partial charge in [-0.15, -0.1) is 0 Å². The number of nitrogens with zero attached hydrogens (tertiary/aromatic N) is 1. The molecule has 2 aromatic rings. The smallest absolute Gasteiger partial charge is 0.411 e. The van der Waals surface area contributed by atoms with Crippen molar-refractivity contribution in [1.29, 1.82) is 0 Å². The van der Waals surface area contributed by atoms with Crippen LogP contribution >= 0.6 is 0 Å². The minimum atomic E-state index is -0.606. The molecule has 0 unspecified atom stereocenters. The highest BCUT2D eigenvalue weighted by Gasteiger charge is 2.49. The lowest BCUT2D eigenvalue weighted by Gasteiger charge is -2.56. The number of hydrogen-bond donors (Lipinski definition) is 1. The molecule has 0 atom stereocenters. The summed E-state index contributed by atoms with van der Waals surface area (Å²) in [6.07, 6.45) is -0.606. The highest BCUT2D eigenvalue weighted by molar-refractivity contribution is 5.85. The molecule has 0 bridgehead atoms. The Labute approximate surface area is 145 Å². The molecule has 1 N–H and O–H groups in total. The normalized spacial score (nSPS) is 17.6. The molecule has 0 aliphatic carbocycles. The number of halogens is 1. The SMILES string of the molecule is O=C(Nc1ccc(N2CC3(COC3)C2)c(F)c1)OCc1ccccc1. The Balaban J connectivity index is 1.32. The van der Waals surface area contributed by atoms with Gasteiger partial charge in [-0.2, -0.15) is 0 Å². The van der Waals surface area contributed by atoms with Crippen LogP contribution in [-0.2, 0) is 16.1 Å². The number of nitrogens with one attached hydrogen (secondary N) is 1. The molecule has 4 rings (SSSR count). The van der Waals surface area contributed by atoms with Crippen LogP contribution in [0.3, 0.4) is 0 Å². The predicted molar refractivity (Wildman–Crippen MR) is 92.1 cm³/mol. The van der Waals surface area contributed by atoms with Gasteiger partial charge in [0.25, 0.3) is 0 Å². The minimum absolute atomic E-state index is 0.172. The number of carbonyl (C=O) groups excluding carboxylic acids is 1. The Kier molecular flexibility index (Phi) is 4.05. The standard InChI is InChI=1S/C19H19FN2O3/c20-16-8-15(21-18(23)25-9-14-4-2-1-3-5-14)6-7-17(16)22-10-19(11-22)12-24-13-19/h1-8H,9-13H2,(H,21,23). The van der Waals surface area contributed by atoms with Crippen molar-refractivity contribution in [1.82, 2.24) is 0 Å². The monoisotopic (exact) mass is 342 g/mol. The molecule has 2 aromatic carbocycles. The zero-order valence-electron chi connectivity index (χ0n) is 13.7. The van der Waals surface area contributed by atoms with Gasteiger partial charge in [-0.05, 0) is 23.8 Å². The van der Waals surface area contributed by atoms with Gasteiger partial charge in [-0.3, -0.25) is 5.32 Å². The summed E-state index contributed by atoms with van der Waals surface area (Å²) in [4.78, 5) is 13.8. The molecular weight excluding hydrogens is 323 g/mol. The van der Waals surface area contributed by atoms with Gasteiger partial charge in [0, 0.05) is 18.8 Å². The topological polar surface area (TPSA) is 50.8 Å². The third-order valence-electron chi connectivity index (χ3n) is 4.62. The zero-order valence-corrected chi connectivity index (χ0v) is 13.7. The van der Waals surface area contributed by atoms with Crippen LogP contribution in [0.2, 0.25) is 0 Å². The van der Waals surface area contributed by atoms with E-state index in [1.807, 2.05) is 35.2 Å². The van der Waals surface area contributed by atoms with Crippen LogP contribution in [-0.4, -0.2) is 32.4 Å². The molecule has 2 saturated heterocycles. The lowest BCUT2D eigenvalue weighted by molar-refractivity contribution is -0.127. The fourth-order valence-electron chi connectivity index (χ4n) is 3.23. The van der Waals surface area contributed by atoms with E-state index in [9.17, 15) is 9.18 Å². The number of benzene rings is 2. The van der Waals surface area contributed by atoms with Gasteiger partial charge >= 0.3 is 6.09 Å². The summed E-state index contributed by atoms with van der Waals surface area (Å²) in [5, 5.41) is 2.55. The molecular formula is C19H19FN2O3. The fraction of sp³-hybridized carbons (Fsp3) is 0.316. The molecule has 6 heteroatoms. The summed E-state index contributed by atoms with van der Waals surface area (Å²) in [6.45, 7) is 3.33. The predicted octanol–water partition coefficient (Wildman–Crippen LogP) is 3.41. The van der Waals surface area contributed by atoms with E-state index in [1.54, 1.807) is 12.1 Å². The summed E-state index contributed by atoms with van der Waals surface area (Å²) >= 11 is 0. The van der Waals surface area contributed by atoms with Crippen molar-refractivity contribution < 1.29 is 18.7 Å². The molecule has 1 amide bonds. The summed E-state index contributed by atoms with van der Waals surface area (Å²) < 4.78 is 24.7. The maximum Gasteiger partial charge on any atom is 0.411 e. The molecule has 2 heterocycles. The molecule has 0 saturated carbocycles. The maximum absolute atomic E-state index is 14.3. The lowest BCUT2D eigenvalue weighted by Crippen LogP contribution is -2.66. The summed E-state index contributed by atoms with van der Waals surface area (Å²) in [5.41, 5.74) is 2.05. The number of amides is 1. The number of carbonyl (C=O) groups is 1.